The van der Waals surface area contributed by atoms with Gasteiger partial charge in [0.25, 0.3) is 0 Å². The number of hydrogen-bond donors (Lipinski definition) is 0. The first-order chi connectivity index (χ1) is 7.21. The zero-order chi connectivity index (χ0) is 13.0. The van der Waals surface area contributed by atoms with Crippen molar-refractivity contribution in [2.75, 3.05) is 0 Å². The summed E-state index contributed by atoms with van der Waals surface area (Å²) in [6.45, 7) is 0. The van der Waals surface area contributed by atoms with Crippen molar-refractivity contribution in [3.8, 4) is 0 Å². The summed E-state index contributed by atoms with van der Waals surface area (Å²) in [7, 11) is 0. The molecule has 0 N–H and O–H groups in total. The first-order valence-corrected chi connectivity index (χ1v) is 3.05. The fourth-order valence-corrected chi connectivity index (χ4v) is 0.439. The van der Waals surface area contributed by atoms with Gasteiger partial charge >= 0.3 is 23.8 Å². The van der Waals surface area contributed by atoms with Crippen molar-refractivity contribution in [3.63, 3.8) is 0 Å². The molecular weight excluding hydrogens is 248 g/mol. The summed E-state index contributed by atoms with van der Waals surface area (Å²) in [5.74, 6) is -17.6. The highest BCUT2D eigenvalue weighted by Gasteiger charge is 2.70. The maximum Gasteiger partial charge on any atom is 0.418 e. The number of carbonyl (C=O) groups excluding carboxylic acids is 2. The summed E-state index contributed by atoms with van der Waals surface area (Å²) in [6.07, 6.45) is 0. The maximum atomic E-state index is 12.5. The smallest absolute Gasteiger partial charge is 0.277 e. The van der Waals surface area contributed by atoms with Gasteiger partial charge in [0.2, 0.25) is 0 Å². The average Bonchev–Trinajstić information content (AvgIpc) is 2.18. The van der Waals surface area contributed by atoms with E-state index in [0.717, 1.165) is 0 Å². The molecular formula is C4F4N2O6. The van der Waals surface area contributed by atoms with Gasteiger partial charge in [0.1, 0.15) is 0 Å². The third-order valence-corrected chi connectivity index (χ3v) is 1.15. The lowest BCUT2D eigenvalue weighted by molar-refractivity contribution is -0.238. The zero-order valence-electron chi connectivity index (χ0n) is 6.86. The lowest BCUT2D eigenvalue weighted by Crippen LogP contribution is -2.53. The van der Waals surface area contributed by atoms with Crippen molar-refractivity contribution >= 4 is 11.9 Å². The Morgan fingerprint density at radius 1 is 0.812 bits per heavy atom. The molecule has 12 heteroatoms. The molecule has 0 radical (unpaired) electrons. The number of nitrogens with zero attached hydrogens (tertiary/aromatic N) is 2. The number of rotatable bonds is 5. The van der Waals surface area contributed by atoms with Crippen LogP contribution in [0.1, 0.15) is 0 Å². The van der Waals surface area contributed by atoms with Crippen molar-refractivity contribution in [1.82, 2.24) is 0 Å². The van der Waals surface area contributed by atoms with Gasteiger partial charge in [-0.05, 0) is 0 Å². The molecule has 0 aliphatic heterocycles. The van der Waals surface area contributed by atoms with Gasteiger partial charge in [0.05, 0.1) is 0 Å². The van der Waals surface area contributed by atoms with Gasteiger partial charge in [0.15, 0.2) is 10.7 Å². The number of halogens is 4. The average molecular weight is 248 g/mol. The van der Waals surface area contributed by atoms with Gasteiger partial charge in [-0.3, -0.25) is 9.68 Å². The number of carbonyl (C=O) groups is 2. The van der Waals surface area contributed by atoms with E-state index in [1.807, 2.05) is 0 Å². The largest absolute Gasteiger partial charge is 0.418 e. The van der Waals surface area contributed by atoms with Crippen LogP contribution in [0.25, 0.3) is 0 Å². The van der Waals surface area contributed by atoms with E-state index in [-0.39, 0.29) is 0 Å². The molecule has 0 spiro atoms. The quantitative estimate of drug-likeness (QED) is 0.402. The standard InChI is InChI=1S/C4F4N2O6/c5-3(6,1(11)15-9-13)4(7,8)2(12)16-10-14. The Labute approximate surface area is 82.3 Å². The van der Waals surface area contributed by atoms with Crippen LogP contribution >= 0.6 is 0 Å². The maximum absolute atomic E-state index is 12.5. The van der Waals surface area contributed by atoms with Gasteiger partial charge in [-0.15, -0.1) is 9.81 Å². The molecule has 90 valence electrons. The second-order valence-corrected chi connectivity index (χ2v) is 2.06. The molecule has 0 unspecified atom stereocenters. The first kappa shape index (κ1) is 13.9. The molecule has 8 nitrogen and oxygen atoms in total. The van der Waals surface area contributed by atoms with E-state index in [1.54, 1.807) is 0 Å². The highest BCUT2D eigenvalue weighted by Crippen LogP contribution is 2.36. The molecule has 0 bridgehead atoms. The minimum Gasteiger partial charge on any atom is -0.277 e. The lowest BCUT2D eigenvalue weighted by atomic mass is 10.2. The van der Waals surface area contributed by atoms with Gasteiger partial charge < -0.3 is 0 Å². The summed E-state index contributed by atoms with van der Waals surface area (Å²) in [5, 5.41) is 2.34. The summed E-state index contributed by atoms with van der Waals surface area (Å²) in [5.41, 5.74) is 0. The van der Waals surface area contributed by atoms with Gasteiger partial charge in [-0.1, -0.05) is 0 Å². The van der Waals surface area contributed by atoms with Gasteiger partial charge in [-0.25, -0.2) is 9.59 Å². The second kappa shape index (κ2) is 4.59. The predicted molar refractivity (Wildman–Crippen MR) is 33.7 cm³/mol. The third kappa shape index (κ3) is 2.26. The minimum absolute atomic E-state index is 1.17. The molecule has 0 amide bonds. The minimum atomic E-state index is -5.73. The summed E-state index contributed by atoms with van der Waals surface area (Å²) in [6, 6.07) is 0. The van der Waals surface area contributed by atoms with Crippen molar-refractivity contribution in [3.05, 3.63) is 9.81 Å². The zero-order valence-corrected chi connectivity index (χ0v) is 6.86. The molecule has 0 saturated carbocycles. The molecule has 0 aromatic heterocycles. The molecule has 0 rings (SSSR count). The Balaban J connectivity index is 5.10. The molecule has 0 aromatic rings. The van der Waals surface area contributed by atoms with E-state index in [9.17, 15) is 37.0 Å². The van der Waals surface area contributed by atoms with E-state index in [4.69, 9.17) is 0 Å². The van der Waals surface area contributed by atoms with Gasteiger partial charge in [0, 0.05) is 0 Å². The fraction of sp³-hybridized carbons (Fsp3) is 0.500. The number of hydrogen-bond acceptors (Lipinski definition) is 8. The van der Waals surface area contributed by atoms with Crippen molar-refractivity contribution in [2.45, 2.75) is 11.8 Å². The number of alkyl halides is 4. The van der Waals surface area contributed by atoms with E-state index >= 15 is 0 Å². The molecule has 0 fully saturated rings. The Kier molecular flexibility index (Phi) is 3.97. The van der Waals surface area contributed by atoms with E-state index in [1.165, 1.54) is 10.7 Å². The van der Waals surface area contributed by atoms with Crippen LogP contribution in [0.2, 0.25) is 0 Å². The first-order valence-electron chi connectivity index (χ1n) is 3.05. The topological polar surface area (TPSA) is 111 Å². The van der Waals surface area contributed by atoms with Crippen LogP contribution in [0.5, 0.6) is 0 Å². The fourth-order valence-electron chi connectivity index (χ4n) is 0.439. The summed E-state index contributed by atoms with van der Waals surface area (Å²) in [4.78, 5) is 44.2. The molecule has 16 heavy (non-hydrogen) atoms. The normalized spacial score (nSPS) is 11.5. The van der Waals surface area contributed by atoms with Crippen molar-refractivity contribution < 1.29 is 36.8 Å². The predicted octanol–water partition coefficient (Wildman–Crippen LogP) is 0.706. The van der Waals surface area contributed by atoms with Crippen LogP contribution in [0.15, 0.2) is 10.7 Å². The highest BCUT2D eigenvalue weighted by molar-refractivity contribution is 5.89. The monoisotopic (exact) mass is 248 g/mol. The van der Waals surface area contributed by atoms with E-state index in [2.05, 4.69) is 9.68 Å². The Hall–Kier alpha value is -2.14. The lowest BCUT2D eigenvalue weighted by Gasteiger charge is -2.19. The van der Waals surface area contributed by atoms with Crippen molar-refractivity contribution in [1.29, 1.82) is 0 Å². The van der Waals surface area contributed by atoms with E-state index < -0.39 is 23.8 Å². The SMILES string of the molecule is O=NOC(=O)C(F)(F)C(F)(F)C(=O)ON=O. The van der Waals surface area contributed by atoms with Crippen LogP contribution in [-0.2, 0) is 19.3 Å². The molecule has 0 aliphatic carbocycles. The van der Waals surface area contributed by atoms with Crippen molar-refractivity contribution in [2.24, 2.45) is 10.7 Å². The van der Waals surface area contributed by atoms with Crippen LogP contribution in [0, 0.1) is 9.81 Å². The molecule has 0 heterocycles. The molecule has 0 saturated heterocycles. The second-order valence-electron chi connectivity index (χ2n) is 2.06. The Bertz CT molecular complexity index is 298. The van der Waals surface area contributed by atoms with E-state index in [0.29, 0.717) is 0 Å². The van der Waals surface area contributed by atoms with Gasteiger partial charge in [-0.2, -0.15) is 17.6 Å². The Morgan fingerprint density at radius 3 is 1.25 bits per heavy atom. The van der Waals surface area contributed by atoms with Crippen LogP contribution in [-0.4, -0.2) is 23.8 Å². The summed E-state index contributed by atoms with van der Waals surface area (Å²) >= 11 is 0. The molecule has 0 atom stereocenters. The van der Waals surface area contributed by atoms with Crippen LogP contribution < -0.4 is 0 Å². The Morgan fingerprint density at radius 2 is 1.06 bits per heavy atom. The molecule has 0 aromatic carbocycles. The van der Waals surface area contributed by atoms with Crippen LogP contribution in [0.3, 0.4) is 0 Å². The molecule has 0 aliphatic rings. The summed E-state index contributed by atoms with van der Waals surface area (Å²) < 4.78 is 50.0. The van der Waals surface area contributed by atoms with Crippen LogP contribution in [0.4, 0.5) is 17.6 Å². The highest BCUT2D eigenvalue weighted by atomic mass is 19.3. The third-order valence-electron chi connectivity index (χ3n) is 1.15.